The Balaban J connectivity index is 1.35. The van der Waals surface area contributed by atoms with Crippen molar-refractivity contribution in [2.75, 3.05) is 18.4 Å². The van der Waals surface area contributed by atoms with Gasteiger partial charge in [-0.3, -0.25) is 14.8 Å². The van der Waals surface area contributed by atoms with Crippen molar-refractivity contribution in [2.24, 2.45) is 5.92 Å². The van der Waals surface area contributed by atoms with Gasteiger partial charge in [0.15, 0.2) is 0 Å². The molecule has 0 saturated carbocycles. The van der Waals surface area contributed by atoms with Crippen LogP contribution in [-0.4, -0.2) is 44.8 Å². The summed E-state index contributed by atoms with van der Waals surface area (Å²) in [5.41, 5.74) is 4.92. The molecule has 29 heavy (non-hydrogen) atoms. The molecule has 0 unspecified atom stereocenters. The van der Waals surface area contributed by atoms with Crippen LogP contribution in [0.25, 0.3) is 5.57 Å². The van der Waals surface area contributed by atoms with Crippen molar-refractivity contribution < 1.29 is 9.59 Å². The smallest absolute Gasteiger partial charge is 0.322 e. The van der Waals surface area contributed by atoms with Crippen molar-refractivity contribution in [3.63, 3.8) is 0 Å². The first-order valence-corrected chi connectivity index (χ1v) is 9.93. The summed E-state index contributed by atoms with van der Waals surface area (Å²) in [5.74, 6) is 0.205. The SMILES string of the molecule is CC(C)C(=O)N1CC=C(c2ccc(NC(=O)N3Cc4ccncc4C3)cn2)CC1. The highest BCUT2D eigenvalue weighted by Gasteiger charge is 2.24. The number of hydrogen-bond acceptors (Lipinski definition) is 4. The molecule has 0 spiro atoms. The van der Waals surface area contributed by atoms with E-state index >= 15 is 0 Å². The Morgan fingerprint density at radius 2 is 1.90 bits per heavy atom. The lowest BCUT2D eigenvalue weighted by atomic mass is 10.0. The molecule has 2 aromatic rings. The van der Waals surface area contributed by atoms with Gasteiger partial charge in [0, 0.05) is 44.5 Å². The molecular weight excluding hydrogens is 366 g/mol. The van der Waals surface area contributed by atoms with Crippen LogP contribution in [0, 0.1) is 5.92 Å². The van der Waals surface area contributed by atoms with E-state index in [9.17, 15) is 9.59 Å². The lowest BCUT2D eigenvalue weighted by molar-refractivity contribution is -0.134. The summed E-state index contributed by atoms with van der Waals surface area (Å²) in [6.45, 7) is 6.35. The number of amides is 3. The number of aromatic nitrogens is 2. The molecule has 7 heteroatoms. The number of hydrogen-bond donors (Lipinski definition) is 1. The first-order valence-electron chi connectivity index (χ1n) is 9.93. The maximum atomic E-state index is 12.5. The molecule has 2 aliphatic rings. The van der Waals surface area contributed by atoms with Crippen molar-refractivity contribution in [2.45, 2.75) is 33.4 Å². The maximum absolute atomic E-state index is 12.5. The molecule has 0 saturated heterocycles. The summed E-state index contributed by atoms with van der Waals surface area (Å²) >= 11 is 0. The van der Waals surface area contributed by atoms with E-state index in [1.165, 1.54) is 0 Å². The minimum absolute atomic E-state index is 0.0191. The topological polar surface area (TPSA) is 78.4 Å². The summed E-state index contributed by atoms with van der Waals surface area (Å²) < 4.78 is 0. The average molecular weight is 391 g/mol. The number of pyridine rings is 2. The highest BCUT2D eigenvalue weighted by molar-refractivity contribution is 5.89. The van der Waals surface area contributed by atoms with Crippen LogP contribution in [0.3, 0.4) is 0 Å². The van der Waals surface area contributed by atoms with Gasteiger partial charge in [-0.2, -0.15) is 0 Å². The second-order valence-electron chi connectivity index (χ2n) is 7.78. The molecule has 0 radical (unpaired) electrons. The predicted octanol–water partition coefficient (Wildman–Crippen LogP) is 3.30. The number of rotatable bonds is 3. The molecule has 4 heterocycles. The van der Waals surface area contributed by atoms with Crippen LogP contribution in [0.15, 0.2) is 42.9 Å². The van der Waals surface area contributed by atoms with Crippen LogP contribution >= 0.6 is 0 Å². The summed E-state index contributed by atoms with van der Waals surface area (Å²) in [7, 11) is 0. The van der Waals surface area contributed by atoms with Crippen molar-refractivity contribution in [3.8, 4) is 0 Å². The first-order chi connectivity index (χ1) is 14.0. The Morgan fingerprint density at radius 3 is 2.55 bits per heavy atom. The van der Waals surface area contributed by atoms with Crippen LogP contribution in [0.4, 0.5) is 10.5 Å². The van der Waals surface area contributed by atoms with Crippen LogP contribution in [0.5, 0.6) is 0 Å². The summed E-state index contributed by atoms with van der Waals surface area (Å²) in [4.78, 5) is 36.9. The number of urea groups is 1. The molecule has 7 nitrogen and oxygen atoms in total. The van der Waals surface area contributed by atoms with Gasteiger partial charge >= 0.3 is 6.03 Å². The summed E-state index contributed by atoms with van der Waals surface area (Å²) in [5, 5.41) is 2.92. The quantitative estimate of drug-likeness (QED) is 0.871. The molecular formula is C22H25N5O2. The van der Waals surface area contributed by atoms with Gasteiger partial charge in [0.2, 0.25) is 5.91 Å². The third kappa shape index (κ3) is 4.13. The van der Waals surface area contributed by atoms with Crippen molar-refractivity contribution in [1.29, 1.82) is 0 Å². The first kappa shape index (κ1) is 19.1. The number of fused-ring (bicyclic) bond motifs is 1. The molecule has 0 aliphatic carbocycles. The highest BCUT2D eigenvalue weighted by Crippen LogP contribution is 2.24. The van der Waals surface area contributed by atoms with Gasteiger partial charge in [0.1, 0.15) is 0 Å². The minimum atomic E-state index is -0.143. The maximum Gasteiger partial charge on any atom is 0.322 e. The molecule has 0 fully saturated rings. The number of carbonyl (C=O) groups excluding carboxylic acids is 2. The second-order valence-corrected chi connectivity index (χ2v) is 7.78. The van der Waals surface area contributed by atoms with Crippen molar-refractivity contribution in [3.05, 3.63) is 59.7 Å². The number of anilines is 1. The fraction of sp³-hybridized carbons (Fsp3) is 0.364. The van der Waals surface area contributed by atoms with E-state index < -0.39 is 0 Å². The third-order valence-electron chi connectivity index (χ3n) is 5.37. The van der Waals surface area contributed by atoms with Gasteiger partial charge in [-0.1, -0.05) is 19.9 Å². The van der Waals surface area contributed by atoms with Gasteiger partial charge in [-0.05, 0) is 41.3 Å². The Labute approximate surface area is 170 Å². The molecule has 0 atom stereocenters. The van der Waals surface area contributed by atoms with E-state index in [-0.39, 0.29) is 17.9 Å². The lowest BCUT2D eigenvalue weighted by Gasteiger charge is -2.27. The average Bonchev–Trinajstić information content (AvgIpc) is 3.18. The summed E-state index contributed by atoms with van der Waals surface area (Å²) in [6.07, 6.45) is 8.11. The Bertz CT molecular complexity index is 927. The van der Waals surface area contributed by atoms with E-state index in [1.54, 1.807) is 17.3 Å². The Kier molecular flexibility index (Phi) is 5.29. The van der Waals surface area contributed by atoms with Gasteiger partial charge in [0.05, 0.1) is 17.6 Å². The number of carbonyl (C=O) groups is 2. The molecule has 3 amide bonds. The van der Waals surface area contributed by atoms with Gasteiger partial charge in [-0.15, -0.1) is 0 Å². The van der Waals surface area contributed by atoms with Crippen molar-refractivity contribution >= 4 is 23.2 Å². The van der Waals surface area contributed by atoms with Crippen LogP contribution in [0.2, 0.25) is 0 Å². The Morgan fingerprint density at radius 1 is 1.07 bits per heavy atom. The normalized spacial score (nSPS) is 15.9. The molecule has 2 aliphatic heterocycles. The van der Waals surface area contributed by atoms with Gasteiger partial charge < -0.3 is 15.1 Å². The van der Waals surface area contributed by atoms with Crippen molar-refractivity contribution in [1.82, 2.24) is 19.8 Å². The number of nitrogens with one attached hydrogen (secondary N) is 1. The molecule has 0 aromatic carbocycles. The molecule has 4 rings (SSSR count). The van der Waals surface area contributed by atoms with Crippen LogP contribution < -0.4 is 5.32 Å². The second kappa shape index (κ2) is 8.03. The van der Waals surface area contributed by atoms with E-state index in [2.05, 4.69) is 21.4 Å². The zero-order valence-electron chi connectivity index (χ0n) is 16.8. The highest BCUT2D eigenvalue weighted by atomic mass is 16.2. The Hall–Kier alpha value is -3.22. The van der Waals surface area contributed by atoms with Crippen LogP contribution in [-0.2, 0) is 17.9 Å². The van der Waals surface area contributed by atoms with E-state index in [4.69, 9.17) is 0 Å². The molecule has 2 aromatic heterocycles. The molecule has 0 bridgehead atoms. The lowest BCUT2D eigenvalue weighted by Crippen LogP contribution is -2.37. The zero-order valence-corrected chi connectivity index (χ0v) is 16.8. The van der Waals surface area contributed by atoms with E-state index in [0.717, 1.165) is 28.8 Å². The monoisotopic (exact) mass is 391 g/mol. The zero-order chi connectivity index (χ0) is 20.4. The predicted molar refractivity (Wildman–Crippen MR) is 111 cm³/mol. The van der Waals surface area contributed by atoms with Crippen LogP contribution in [0.1, 0.15) is 37.1 Å². The van der Waals surface area contributed by atoms with E-state index in [0.29, 0.717) is 31.9 Å². The minimum Gasteiger partial charge on any atom is -0.338 e. The fourth-order valence-corrected chi connectivity index (χ4v) is 3.69. The standard InChI is InChI=1S/C22H25N5O2/c1-15(2)21(28)26-9-6-16(7-10-26)20-4-3-19(12-24-20)25-22(29)27-13-17-5-8-23-11-18(17)14-27/h3-6,8,11-12,15H,7,9-10,13-14H2,1-2H3,(H,25,29). The third-order valence-corrected chi connectivity index (χ3v) is 5.37. The van der Waals surface area contributed by atoms with E-state index in [1.807, 2.05) is 43.1 Å². The summed E-state index contributed by atoms with van der Waals surface area (Å²) in [6, 6.07) is 5.60. The van der Waals surface area contributed by atoms with Gasteiger partial charge in [0.25, 0.3) is 0 Å². The molecule has 1 N–H and O–H groups in total. The molecule has 150 valence electrons. The van der Waals surface area contributed by atoms with Gasteiger partial charge in [-0.25, -0.2) is 4.79 Å². The largest absolute Gasteiger partial charge is 0.338 e. The number of nitrogens with zero attached hydrogens (tertiary/aromatic N) is 4. The fourth-order valence-electron chi connectivity index (χ4n) is 3.69.